The number of carboxylic acids is 1. The van der Waals surface area contributed by atoms with Gasteiger partial charge in [-0.25, -0.2) is 4.79 Å². The number of fused-ring (bicyclic) bond motifs is 1. The predicted molar refractivity (Wildman–Crippen MR) is 104 cm³/mol. The van der Waals surface area contributed by atoms with Gasteiger partial charge in [0.15, 0.2) is 0 Å². The molecule has 27 heavy (non-hydrogen) atoms. The third-order valence-electron chi connectivity index (χ3n) is 5.01. The molecule has 138 valence electrons. The molecule has 1 saturated carbocycles. The Balaban J connectivity index is 1.57. The van der Waals surface area contributed by atoms with Gasteiger partial charge in [-0.05, 0) is 22.8 Å². The van der Waals surface area contributed by atoms with E-state index >= 15 is 0 Å². The van der Waals surface area contributed by atoms with Crippen LogP contribution in [0.2, 0.25) is 0 Å². The second-order valence-corrected chi connectivity index (χ2v) is 7.89. The number of rotatable bonds is 5. The van der Waals surface area contributed by atoms with Crippen molar-refractivity contribution in [2.24, 2.45) is 5.92 Å². The molecule has 1 aromatic heterocycles. The summed E-state index contributed by atoms with van der Waals surface area (Å²) in [5, 5.41) is 23.2. The second kappa shape index (κ2) is 7.44. The van der Waals surface area contributed by atoms with Crippen LogP contribution in [0.1, 0.15) is 51.4 Å². The van der Waals surface area contributed by atoms with Crippen molar-refractivity contribution in [1.29, 1.82) is 0 Å². The maximum atomic E-state index is 12.7. The van der Waals surface area contributed by atoms with E-state index in [2.05, 4.69) is 15.5 Å². The van der Waals surface area contributed by atoms with Crippen molar-refractivity contribution in [2.45, 2.75) is 32.1 Å². The van der Waals surface area contributed by atoms with E-state index in [0.29, 0.717) is 16.4 Å². The molecule has 1 amide bonds. The zero-order chi connectivity index (χ0) is 18.8. The number of carbonyl (C=O) groups is 2. The summed E-state index contributed by atoms with van der Waals surface area (Å²) >= 11 is 1.36. The minimum atomic E-state index is -1.13. The highest BCUT2D eigenvalue weighted by molar-refractivity contribution is 7.15. The van der Waals surface area contributed by atoms with Crippen LogP contribution in [0.25, 0.3) is 10.8 Å². The zero-order valence-electron chi connectivity index (χ0n) is 14.6. The van der Waals surface area contributed by atoms with Crippen molar-refractivity contribution in [3.05, 3.63) is 52.5 Å². The number of hydrogen-bond donors (Lipinski definition) is 2. The van der Waals surface area contributed by atoms with Crippen LogP contribution in [-0.2, 0) is 6.42 Å². The maximum Gasteiger partial charge on any atom is 0.337 e. The number of aromatic nitrogens is 2. The first kappa shape index (κ1) is 17.6. The lowest BCUT2D eigenvalue weighted by atomic mass is 9.98. The normalized spacial score (nSPS) is 14.5. The van der Waals surface area contributed by atoms with Crippen LogP contribution in [0.3, 0.4) is 0 Å². The van der Waals surface area contributed by atoms with E-state index in [1.165, 1.54) is 37.0 Å². The molecular weight excluding hydrogens is 362 g/mol. The highest BCUT2D eigenvalue weighted by Gasteiger charge is 2.22. The fourth-order valence-electron chi connectivity index (χ4n) is 3.70. The highest BCUT2D eigenvalue weighted by atomic mass is 32.1. The molecule has 0 unspecified atom stereocenters. The van der Waals surface area contributed by atoms with E-state index in [-0.39, 0.29) is 11.1 Å². The smallest absolute Gasteiger partial charge is 0.337 e. The Bertz CT molecular complexity index is 1010. The summed E-state index contributed by atoms with van der Waals surface area (Å²) in [5.41, 5.74) is 0.120. The fourth-order valence-corrected chi connectivity index (χ4v) is 4.55. The van der Waals surface area contributed by atoms with Crippen molar-refractivity contribution in [1.82, 2.24) is 10.2 Å². The molecule has 0 aliphatic heterocycles. The largest absolute Gasteiger partial charge is 0.478 e. The number of amides is 1. The van der Waals surface area contributed by atoms with E-state index < -0.39 is 11.9 Å². The number of anilines is 1. The lowest BCUT2D eigenvalue weighted by molar-refractivity contribution is 0.0695. The average molecular weight is 381 g/mol. The number of hydrogen-bond acceptors (Lipinski definition) is 5. The number of aromatic carboxylic acids is 1. The Morgan fingerprint density at radius 3 is 2.67 bits per heavy atom. The highest BCUT2D eigenvalue weighted by Crippen LogP contribution is 2.30. The van der Waals surface area contributed by atoms with Gasteiger partial charge in [0.2, 0.25) is 5.13 Å². The van der Waals surface area contributed by atoms with Crippen molar-refractivity contribution >= 4 is 39.1 Å². The molecule has 2 N–H and O–H groups in total. The Morgan fingerprint density at radius 2 is 1.89 bits per heavy atom. The molecule has 4 rings (SSSR count). The lowest BCUT2D eigenvalue weighted by Crippen LogP contribution is -2.16. The molecule has 2 aromatic carbocycles. The van der Waals surface area contributed by atoms with Crippen molar-refractivity contribution in [2.75, 3.05) is 5.32 Å². The molecular formula is C20H19N3O3S. The van der Waals surface area contributed by atoms with Gasteiger partial charge in [-0.1, -0.05) is 67.4 Å². The number of benzene rings is 2. The summed E-state index contributed by atoms with van der Waals surface area (Å²) in [6, 6.07) is 10.4. The Hall–Kier alpha value is -2.80. The Morgan fingerprint density at radius 1 is 1.11 bits per heavy atom. The van der Waals surface area contributed by atoms with Crippen LogP contribution in [0.15, 0.2) is 36.4 Å². The minimum absolute atomic E-state index is 0.00120. The van der Waals surface area contributed by atoms with E-state index in [0.717, 1.165) is 16.8 Å². The second-order valence-electron chi connectivity index (χ2n) is 6.82. The van der Waals surface area contributed by atoms with E-state index in [4.69, 9.17) is 0 Å². The van der Waals surface area contributed by atoms with E-state index in [1.807, 2.05) is 12.1 Å². The molecule has 1 aliphatic carbocycles. The number of nitrogens with zero attached hydrogens (tertiary/aromatic N) is 2. The predicted octanol–water partition coefficient (Wildman–Crippen LogP) is 4.37. The van der Waals surface area contributed by atoms with Crippen molar-refractivity contribution in [3.63, 3.8) is 0 Å². The summed E-state index contributed by atoms with van der Waals surface area (Å²) in [6.45, 7) is 0. The Labute approximate surface area is 160 Å². The first-order chi connectivity index (χ1) is 13.1. The van der Waals surface area contributed by atoms with Crippen LogP contribution in [-0.4, -0.2) is 27.2 Å². The summed E-state index contributed by atoms with van der Waals surface area (Å²) in [6.07, 6.45) is 5.88. The maximum absolute atomic E-state index is 12.7. The fraction of sp³-hybridized carbons (Fsp3) is 0.300. The standard InChI is InChI=1S/C20H19N3O3S/c24-18(21-20-23-22-16(27-20)11-12-5-1-2-6-12)15-10-9-13-7-3-4-8-14(13)17(15)19(25)26/h3-4,7-10,12H,1-2,5-6,11H2,(H,25,26)(H,21,23,24). The SMILES string of the molecule is O=C(Nc1nnc(CC2CCCC2)s1)c1ccc2ccccc2c1C(=O)O. The van der Waals surface area contributed by atoms with Gasteiger partial charge in [0.1, 0.15) is 5.01 Å². The molecule has 0 saturated heterocycles. The molecule has 0 bridgehead atoms. The van der Waals surface area contributed by atoms with E-state index in [1.54, 1.807) is 24.3 Å². The monoisotopic (exact) mass is 381 g/mol. The van der Waals surface area contributed by atoms with Crippen LogP contribution in [0.5, 0.6) is 0 Å². The van der Waals surface area contributed by atoms with Gasteiger partial charge in [0.05, 0.1) is 11.1 Å². The van der Waals surface area contributed by atoms with Gasteiger partial charge in [0.25, 0.3) is 5.91 Å². The van der Waals surface area contributed by atoms with Crippen LogP contribution in [0, 0.1) is 5.92 Å². The van der Waals surface area contributed by atoms with Gasteiger partial charge in [-0.3, -0.25) is 10.1 Å². The van der Waals surface area contributed by atoms with Gasteiger partial charge in [0, 0.05) is 6.42 Å². The Kier molecular flexibility index (Phi) is 4.85. The molecule has 6 nitrogen and oxygen atoms in total. The molecule has 3 aromatic rings. The zero-order valence-corrected chi connectivity index (χ0v) is 15.5. The lowest BCUT2D eigenvalue weighted by Gasteiger charge is -2.09. The molecule has 1 fully saturated rings. The molecule has 1 aliphatic rings. The van der Waals surface area contributed by atoms with Crippen LogP contribution in [0.4, 0.5) is 5.13 Å². The van der Waals surface area contributed by atoms with Gasteiger partial charge >= 0.3 is 5.97 Å². The van der Waals surface area contributed by atoms with Crippen LogP contribution < -0.4 is 5.32 Å². The summed E-state index contributed by atoms with van der Waals surface area (Å²) < 4.78 is 0. The summed E-state index contributed by atoms with van der Waals surface area (Å²) in [4.78, 5) is 24.5. The molecule has 7 heteroatoms. The molecule has 0 atom stereocenters. The number of carboxylic acid groups (broad SMARTS) is 1. The first-order valence-electron chi connectivity index (χ1n) is 9.00. The minimum Gasteiger partial charge on any atom is -0.478 e. The quantitative estimate of drug-likeness (QED) is 0.684. The van der Waals surface area contributed by atoms with Crippen molar-refractivity contribution in [3.8, 4) is 0 Å². The van der Waals surface area contributed by atoms with Gasteiger partial charge in [-0.2, -0.15) is 0 Å². The van der Waals surface area contributed by atoms with Gasteiger partial charge < -0.3 is 5.11 Å². The number of carbonyl (C=O) groups excluding carboxylic acids is 1. The number of nitrogens with one attached hydrogen (secondary N) is 1. The molecule has 1 heterocycles. The molecule has 0 radical (unpaired) electrons. The van der Waals surface area contributed by atoms with Crippen molar-refractivity contribution < 1.29 is 14.7 Å². The van der Waals surface area contributed by atoms with Crippen LogP contribution >= 0.6 is 11.3 Å². The third kappa shape index (κ3) is 3.68. The third-order valence-corrected chi connectivity index (χ3v) is 5.87. The summed E-state index contributed by atoms with van der Waals surface area (Å²) in [5.74, 6) is -0.960. The van der Waals surface area contributed by atoms with E-state index in [9.17, 15) is 14.7 Å². The van der Waals surface area contributed by atoms with Gasteiger partial charge in [-0.15, -0.1) is 10.2 Å². The topological polar surface area (TPSA) is 92.2 Å². The summed E-state index contributed by atoms with van der Waals surface area (Å²) in [7, 11) is 0. The molecule has 0 spiro atoms. The average Bonchev–Trinajstić information content (AvgIpc) is 3.33. The first-order valence-corrected chi connectivity index (χ1v) is 9.82.